The number of methoxy groups -OCH3 is 1. The average molecular weight is 364 g/mol. The minimum atomic E-state index is -0.239. The lowest BCUT2D eigenvalue weighted by atomic mass is 10.2. The van der Waals surface area contributed by atoms with Gasteiger partial charge < -0.3 is 14.8 Å². The van der Waals surface area contributed by atoms with Crippen molar-refractivity contribution in [2.24, 2.45) is 7.05 Å². The highest BCUT2D eigenvalue weighted by molar-refractivity contribution is 6.01. The van der Waals surface area contributed by atoms with Gasteiger partial charge in [0.1, 0.15) is 6.61 Å². The number of aryl methyl sites for hydroxylation is 1. The highest BCUT2D eigenvalue weighted by Gasteiger charge is 2.07. The number of pyridine rings is 1. The number of nitrogens with one attached hydrogen (secondary N) is 1. The second-order valence-corrected chi connectivity index (χ2v) is 5.79. The van der Waals surface area contributed by atoms with Crippen molar-refractivity contribution in [1.82, 2.24) is 14.8 Å². The average Bonchev–Trinajstić information content (AvgIpc) is 3.11. The third-order valence-electron chi connectivity index (χ3n) is 3.70. The third-order valence-corrected chi connectivity index (χ3v) is 3.70. The Morgan fingerprint density at radius 2 is 2.15 bits per heavy atom. The van der Waals surface area contributed by atoms with Crippen LogP contribution in [0.15, 0.2) is 61.2 Å². The van der Waals surface area contributed by atoms with Gasteiger partial charge in [0, 0.05) is 31.1 Å². The van der Waals surface area contributed by atoms with Crippen molar-refractivity contribution in [1.29, 1.82) is 0 Å². The summed E-state index contributed by atoms with van der Waals surface area (Å²) >= 11 is 0. The molecule has 0 unspecified atom stereocenters. The Kier molecular flexibility index (Phi) is 5.84. The van der Waals surface area contributed by atoms with Gasteiger partial charge >= 0.3 is 0 Å². The van der Waals surface area contributed by atoms with Crippen molar-refractivity contribution >= 4 is 17.7 Å². The van der Waals surface area contributed by atoms with Gasteiger partial charge in [-0.25, -0.2) is 0 Å². The maximum Gasteiger partial charge on any atom is 0.248 e. The Morgan fingerprint density at radius 1 is 1.26 bits per heavy atom. The van der Waals surface area contributed by atoms with Gasteiger partial charge in [-0.2, -0.15) is 5.10 Å². The van der Waals surface area contributed by atoms with E-state index in [1.807, 2.05) is 25.4 Å². The van der Waals surface area contributed by atoms with Gasteiger partial charge in [-0.3, -0.25) is 14.5 Å². The first-order chi connectivity index (χ1) is 13.1. The molecule has 7 nitrogen and oxygen atoms in total. The summed E-state index contributed by atoms with van der Waals surface area (Å²) in [7, 11) is 3.44. The van der Waals surface area contributed by atoms with E-state index in [1.165, 1.54) is 6.08 Å². The second-order valence-electron chi connectivity index (χ2n) is 5.79. The quantitative estimate of drug-likeness (QED) is 0.652. The zero-order valence-electron chi connectivity index (χ0n) is 15.1. The van der Waals surface area contributed by atoms with E-state index in [1.54, 1.807) is 54.7 Å². The Hall–Kier alpha value is -3.61. The topological polar surface area (TPSA) is 78.3 Å². The van der Waals surface area contributed by atoms with E-state index >= 15 is 0 Å². The first-order valence-electron chi connectivity index (χ1n) is 8.31. The molecule has 0 atom stereocenters. The number of benzene rings is 1. The number of hydrogen-bond acceptors (Lipinski definition) is 5. The van der Waals surface area contributed by atoms with Crippen LogP contribution in [0.3, 0.4) is 0 Å². The minimum Gasteiger partial charge on any atom is -0.493 e. The normalized spacial score (nSPS) is 10.7. The molecule has 1 aromatic carbocycles. The summed E-state index contributed by atoms with van der Waals surface area (Å²) in [5.74, 6) is 0.976. The van der Waals surface area contributed by atoms with Gasteiger partial charge in [-0.15, -0.1) is 0 Å². The molecule has 0 aliphatic carbocycles. The highest BCUT2D eigenvalue weighted by Crippen LogP contribution is 2.29. The minimum absolute atomic E-state index is 0.239. The third kappa shape index (κ3) is 5.18. The molecule has 1 N–H and O–H groups in total. The highest BCUT2D eigenvalue weighted by atomic mass is 16.5. The van der Waals surface area contributed by atoms with Gasteiger partial charge in [0.15, 0.2) is 11.5 Å². The van der Waals surface area contributed by atoms with Gasteiger partial charge in [0.25, 0.3) is 0 Å². The molecule has 0 aliphatic heterocycles. The second kappa shape index (κ2) is 8.66. The fourth-order valence-corrected chi connectivity index (χ4v) is 2.41. The molecule has 0 saturated heterocycles. The lowest BCUT2D eigenvalue weighted by molar-refractivity contribution is -0.111. The molecule has 3 rings (SSSR count). The summed E-state index contributed by atoms with van der Waals surface area (Å²) in [5.41, 5.74) is 2.41. The van der Waals surface area contributed by atoms with Crippen molar-refractivity contribution in [2.45, 2.75) is 6.61 Å². The number of carbonyl (C=O) groups excluding carboxylic acids is 1. The summed E-state index contributed by atoms with van der Waals surface area (Å²) < 4.78 is 12.9. The Balaban J connectivity index is 1.67. The molecule has 2 aromatic heterocycles. The van der Waals surface area contributed by atoms with Crippen LogP contribution in [0.1, 0.15) is 11.1 Å². The molecule has 2 heterocycles. The van der Waals surface area contributed by atoms with Crippen molar-refractivity contribution in [2.75, 3.05) is 12.4 Å². The number of amides is 1. The number of rotatable bonds is 7. The summed E-state index contributed by atoms with van der Waals surface area (Å²) in [4.78, 5) is 16.0. The van der Waals surface area contributed by atoms with E-state index in [4.69, 9.17) is 9.47 Å². The predicted molar refractivity (Wildman–Crippen MR) is 102 cm³/mol. The lowest BCUT2D eigenvalue weighted by Crippen LogP contribution is -2.07. The van der Waals surface area contributed by atoms with E-state index in [0.29, 0.717) is 23.8 Å². The smallest absolute Gasteiger partial charge is 0.248 e. The molecule has 0 spiro atoms. The van der Waals surface area contributed by atoms with Crippen LogP contribution in [0, 0.1) is 0 Å². The number of ether oxygens (including phenoxy) is 2. The first-order valence-corrected chi connectivity index (χ1v) is 8.31. The van der Waals surface area contributed by atoms with Crippen LogP contribution >= 0.6 is 0 Å². The number of carbonyl (C=O) groups is 1. The molecular weight excluding hydrogens is 344 g/mol. The van der Waals surface area contributed by atoms with E-state index in [9.17, 15) is 4.79 Å². The van der Waals surface area contributed by atoms with E-state index in [2.05, 4.69) is 15.4 Å². The molecule has 0 bridgehead atoms. The van der Waals surface area contributed by atoms with Crippen LogP contribution < -0.4 is 14.8 Å². The summed E-state index contributed by atoms with van der Waals surface area (Å²) in [5, 5.41) is 6.86. The van der Waals surface area contributed by atoms with Crippen molar-refractivity contribution in [3.63, 3.8) is 0 Å². The maximum absolute atomic E-state index is 12.0. The van der Waals surface area contributed by atoms with Gasteiger partial charge in [-0.05, 0) is 35.9 Å². The molecular formula is C20H20N4O3. The Morgan fingerprint density at radius 3 is 2.85 bits per heavy atom. The van der Waals surface area contributed by atoms with E-state index < -0.39 is 0 Å². The van der Waals surface area contributed by atoms with Crippen molar-refractivity contribution < 1.29 is 14.3 Å². The Bertz CT molecular complexity index is 935. The van der Waals surface area contributed by atoms with Crippen LogP contribution in [0.4, 0.5) is 5.69 Å². The number of nitrogens with zero attached hydrogens (tertiary/aromatic N) is 3. The largest absolute Gasteiger partial charge is 0.493 e. The molecule has 0 fully saturated rings. The standard InChI is InChI=1S/C20H20N4O3/c1-24-13-16(11-22-24)14-27-19-10-15(5-7-18(19)26-2)6-8-20(25)23-17-4-3-9-21-12-17/h3-13H,14H2,1-2H3,(H,23,25)/b8-6+. The molecule has 0 saturated carbocycles. The van der Waals surface area contributed by atoms with Crippen LogP contribution in [0.5, 0.6) is 11.5 Å². The fourth-order valence-electron chi connectivity index (χ4n) is 2.41. The van der Waals surface area contributed by atoms with E-state index in [0.717, 1.165) is 11.1 Å². The first kappa shape index (κ1) is 18.2. The Labute approximate surface area is 157 Å². The van der Waals surface area contributed by atoms with Crippen LogP contribution in [0.2, 0.25) is 0 Å². The van der Waals surface area contributed by atoms with Crippen LogP contribution in [-0.2, 0) is 18.4 Å². The summed E-state index contributed by atoms with van der Waals surface area (Å²) in [6.45, 7) is 0.374. The molecule has 0 radical (unpaired) electrons. The molecule has 0 aliphatic rings. The zero-order chi connectivity index (χ0) is 19.1. The lowest BCUT2D eigenvalue weighted by Gasteiger charge is -2.10. The maximum atomic E-state index is 12.0. The SMILES string of the molecule is COc1ccc(/C=C/C(=O)Nc2cccnc2)cc1OCc1cnn(C)c1. The van der Waals surface area contributed by atoms with Gasteiger partial charge in [0.05, 0.1) is 25.2 Å². The molecule has 7 heteroatoms. The van der Waals surface area contributed by atoms with Gasteiger partial charge in [0.2, 0.25) is 5.91 Å². The molecule has 1 amide bonds. The number of aromatic nitrogens is 3. The van der Waals surface area contributed by atoms with Crippen LogP contribution in [0.25, 0.3) is 6.08 Å². The molecule has 3 aromatic rings. The summed E-state index contributed by atoms with van der Waals surface area (Å²) in [6.07, 6.45) is 10.0. The van der Waals surface area contributed by atoms with E-state index in [-0.39, 0.29) is 5.91 Å². The molecule has 27 heavy (non-hydrogen) atoms. The number of anilines is 1. The van der Waals surface area contributed by atoms with Crippen molar-refractivity contribution in [3.8, 4) is 11.5 Å². The van der Waals surface area contributed by atoms with Gasteiger partial charge in [-0.1, -0.05) is 6.07 Å². The molecule has 138 valence electrons. The number of hydrogen-bond donors (Lipinski definition) is 1. The monoisotopic (exact) mass is 364 g/mol. The predicted octanol–water partition coefficient (Wildman–Crippen LogP) is 3.05. The summed E-state index contributed by atoms with van der Waals surface area (Å²) in [6, 6.07) is 9.01. The van der Waals surface area contributed by atoms with Crippen molar-refractivity contribution in [3.05, 3.63) is 72.3 Å². The van der Waals surface area contributed by atoms with Crippen LogP contribution in [-0.4, -0.2) is 27.8 Å². The zero-order valence-corrected chi connectivity index (χ0v) is 15.1. The fraction of sp³-hybridized carbons (Fsp3) is 0.150.